The van der Waals surface area contributed by atoms with Crippen molar-refractivity contribution in [2.75, 3.05) is 6.54 Å². The molecule has 5 atom stereocenters. The molecule has 2 rings (SSSR count). The lowest BCUT2D eigenvalue weighted by molar-refractivity contribution is -0.146. The first-order valence-corrected chi connectivity index (χ1v) is 6.59. The summed E-state index contributed by atoms with van der Waals surface area (Å²) >= 11 is 0. The van der Waals surface area contributed by atoms with Crippen molar-refractivity contribution < 1.29 is 20.4 Å². The van der Waals surface area contributed by atoms with Crippen molar-refractivity contribution in [3.63, 3.8) is 0 Å². The summed E-state index contributed by atoms with van der Waals surface area (Å²) < 4.78 is 0. The number of aliphatic hydroxyl groups excluding tert-OH is 4. The van der Waals surface area contributed by atoms with E-state index in [4.69, 9.17) is 0 Å². The largest absolute Gasteiger partial charge is 0.390 e. The molecule has 0 unspecified atom stereocenters. The van der Waals surface area contributed by atoms with E-state index in [0.717, 1.165) is 6.42 Å². The van der Waals surface area contributed by atoms with Gasteiger partial charge in [-0.2, -0.15) is 0 Å². The van der Waals surface area contributed by atoms with Gasteiger partial charge in [0, 0.05) is 6.04 Å². The van der Waals surface area contributed by atoms with Crippen LogP contribution in [-0.2, 0) is 6.42 Å². The van der Waals surface area contributed by atoms with Crippen molar-refractivity contribution in [1.29, 1.82) is 0 Å². The molecule has 1 aliphatic carbocycles. The van der Waals surface area contributed by atoms with Crippen molar-refractivity contribution >= 4 is 0 Å². The number of rotatable bonds is 4. The average molecular weight is 267 g/mol. The molecule has 0 aromatic heterocycles. The molecule has 0 aliphatic heterocycles. The zero-order valence-electron chi connectivity index (χ0n) is 10.7. The second-order valence-electron chi connectivity index (χ2n) is 5.07. The predicted octanol–water partition coefficient (Wildman–Crippen LogP) is -0.965. The van der Waals surface area contributed by atoms with Gasteiger partial charge in [-0.15, -0.1) is 0 Å². The van der Waals surface area contributed by atoms with Crippen LogP contribution in [0.4, 0.5) is 0 Å². The van der Waals surface area contributed by atoms with E-state index in [1.165, 1.54) is 5.56 Å². The van der Waals surface area contributed by atoms with Gasteiger partial charge in [-0.3, -0.25) is 0 Å². The van der Waals surface area contributed by atoms with Gasteiger partial charge in [0.1, 0.15) is 12.2 Å². The van der Waals surface area contributed by atoms with Crippen molar-refractivity contribution in [3.05, 3.63) is 35.9 Å². The maximum Gasteiger partial charge on any atom is 0.110 e. The molecule has 1 aromatic rings. The van der Waals surface area contributed by atoms with E-state index < -0.39 is 30.5 Å². The minimum Gasteiger partial charge on any atom is -0.390 e. The van der Waals surface area contributed by atoms with E-state index in [1.807, 2.05) is 30.3 Å². The lowest BCUT2D eigenvalue weighted by Crippen LogP contribution is -2.60. The third-order valence-electron chi connectivity index (χ3n) is 3.66. The highest BCUT2D eigenvalue weighted by atomic mass is 16.4. The fourth-order valence-corrected chi connectivity index (χ4v) is 2.46. The summed E-state index contributed by atoms with van der Waals surface area (Å²) in [5.74, 6) is 0. The minimum atomic E-state index is -1.31. The Kier molecular flexibility index (Phi) is 4.90. The van der Waals surface area contributed by atoms with Crippen LogP contribution < -0.4 is 5.32 Å². The molecule has 0 saturated heterocycles. The third kappa shape index (κ3) is 3.52. The quantitative estimate of drug-likeness (QED) is 0.484. The molecule has 1 fully saturated rings. The molecule has 0 amide bonds. The predicted molar refractivity (Wildman–Crippen MR) is 70.6 cm³/mol. The molecule has 5 nitrogen and oxygen atoms in total. The Bertz CT molecular complexity index is 386. The highest BCUT2D eigenvalue weighted by molar-refractivity contribution is 5.14. The second kappa shape index (κ2) is 6.45. The van der Waals surface area contributed by atoms with E-state index in [0.29, 0.717) is 6.54 Å². The monoisotopic (exact) mass is 267 g/mol. The van der Waals surface area contributed by atoms with Crippen LogP contribution in [0.3, 0.4) is 0 Å². The molecule has 106 valence electrons. The number of benzene rings is 1. The van der Waals surface area contributed by atoms with Gasteiger partial charge in [0.05, 0.1) is 12.2 Å². The summed E-state index contributed by atoms with van der Waals surface area (Å²) in [7, 11) is 0. The molecule has 5 N–H and O–H groups in total. The normalized spacial score (nSPS) is 35.3. The summed E-state index contributed by atoms with van der Waals surface area (Å²) in [4.78, 5) is 0. The summed E-state index contributed by atoms with van der Waals surface area (Å²) in [6, 6.07) is 9.52. The van der Waals surface area contributed by atoms with E-state index >= 15 is 0 Å². The lowest BCUT2D eigenvalue weighted by Gasteiger charge is -2.38. The van der Waals surface area contributed by atoms with Gasteiger partial charge in [-0.25, -0.2) is 0 Å². The standard InChI is InChI=1S/C14H21NO4/c16-11-8-10(12(17)14(19)13(11)18)15-7-6-9-4-2-1-3-5-9/h1-5,10-19H,6-8H2/t10-,11+,12-,13-,14-/m0/s1. The van der Waals surface area contributed by atoms with Crippen molar-refractivity contribution in [2.45, 2.75) is 43.3 Å². The third-order valence-corrected chi connectivity index (χ3v) is 3.66. The summed E-state index contributed by atoms with van der Waals surface area (Å²) in [5, 5.41) is 41.6. The molecule has 1 aliphatic rings. The van der Waals surface area contributed by atoms with Gasteiger partial charge >= 0.3 is 0 Å². The van der Waals surface area contributed by atoms with Gasteiger partial charge in [-0.05, 0) is 24.9 Å². The molecular formula is C14H21NO4. The van der Waals surface area contributed by atoms with Crippen LogP contribution in [0, 0.1) is 0 Å². The molecule has 1 saturated carbocycles. The average Bonchev–Trinajstić information content (AvgIpc) is 2.43. The number of hydrogen-bond donors (Lipinski definition) is 5. The van der Waals surface area contributed by atoms with Crippen LogP contribution in [0.2, 0.25) is 0 Å². The number of hydrogen-bond acceptors (Lipinski definition) is 5. The SMILES string of the molecule is O[C@@H]1[C@@H](O)[C@H](O)C[C@H](NCCc2ccccc2)[C@@H]1O. The van der Waals surface area contributed by atoms with Gasteiger partial charge in [0.25, 0.3) is 0 Å². The zero-order chi connectivity index (χ0) is 13.8. The van der Waals surface area contributed by atoms with Crippen LogP contribution >= 0.6 is 0 Å². The van der Waals surface area contributed by atoms with Crippen LogP contribution in [0.5, 0.6) is 0 Å². The van der Waals surface area contributed by atoms with E-state index in [1.54, 1.807) is 0 Å². The topological polar surface area (TPSA) is 93.0 Å². The van der Waals surface area contributed by atoms with Gasteiger partial charge in [0.15, 0.2) is 0 Å². The highest BCUT2D eigenvalue weighted by Gasteiger charge is 2.41. The van der Waals surface area contributed by atoms with Gasteiger partial charge < -0.3 is 25.7 Å². The Morgan fingerprint density at radius 3 is 2.32 bits per heavy atom. The van der Waals surface area contributed by atoms with Crippen molar-refractivity contribution in [2.24, 2.45) is 0 Å². The minimum absolute atomic E-state index is 0.230. The van der Waals surface area contributed by atoms with E-state index in [-0.39, 0.29) is 6.42 Å². The van der Waals surface area contributed by atoms with Crippen LogP contribution in [-0.4, -0.2) is 57.4 Å². The Balaban J connectivity index is 1.82. The van der Waals surface area contributed by atoms with Crippen LogP contribution in [0.25, 0.3) is 0 Å². The molecule has 5 heteroatoms. The van der Waals surface area contributed by atoms with Crippen molar-refractivity contribution in [1.82, 2.24) is 5.32 Å². The van der Waals surface area contributed by atoms with Gasteiger partial charge in [-0.1, -0.05) is 30.3 Å². The van der Waals surface area contributed by atoms with E-state index in [2.05, 4.69) is 5.32 Å². The Hall–Kier alpha value is -0.980. The molecule has 0 heterocycles. The Morgan fingerprint density at radius 1 is 0.947 bits per heavy atom. The zero-order valence-corrected chi connectivity index (χ0v) is 10.7. The fourth-order valence-electron chi connectivity index (χ4n) is 2.46. The molecule has 0 spiro atoms. The first-order chi connectivity index (χ1) is 9.09. The Labute approximate surface area is 112 Å². The smallest absolute Gasteiger partial charge is 0.110 e. The molecule has 0 radical (unpaired) electrons. The van der Waals surface area contributed by atoms with Crippen molar-refractivity contribution in [3.8, 4) is 0 Å². The second-order valence-corrected chi connectivity index (χ2v) is 5.07. The van der Waals surface area contributed by atoms with Crippen LogP contribution in [0.15, 0.2) is 30.3 Å². The maximum atomic E-state index is 9.84. The Morgan fingerprint density at radius 2 is 1.63 bits per heavy atom. The number of nitrogens with one attached hydrogen (secondary N) is 1. The first-order valence-electron chi connectivity index (χ1n) is 6.59. The maximum absolute atomic E-state index is 9.84. The summed E-state index contributed by atoms with van der Waals surface area (Å²) in [5.41, 5.74) is 1.18. The molecule has 1 aromatic carbocycles. The fraction of sp³-hybridized carbons (Fsp3) is 0.571. The first kappa shape index (κ1) is 14.4. The summed E-state index contributed by atoms with van der Waals surface area (Å²) in [6.45, 7) is 0.640. The molecule has 0 bridgehead atoms. The summed E-state index contributed by atoms with van der Waals surface area (Å²) in [6.07, 6.45) is -3.62. The number of aliphatic hydroxyl groups is 4. The van der Waals surface area contributed by atoms with E-state index in [9.17, 15) is 20.4 Å². The lowest BCUT2D eigenvalue weighted by atomic mass is 9.85. The van der Waals surface area contributed by atoms with Crippen LogP contribution in [0.1, 0.15) is 12.0 Å². The van der Waals surface area contributed by atoms with Gasteiger partial charge in [0.2, 0.25) is 0 Å². The highest BCUT2D eigenvalue weighted by Crippen LogP contribution is 2.20. The molecule has 19 heavy (non-hydrogen) atoms. The molecular weight excluding hydrogens is 246 g/mol.